The highest BCUT2D eigenvalue weighted by Crippen LogP contribution is 2.31. The second-order valence-electron chi connectivity index (χ2n) is 4.69. The van der Waals surface area contributed by atoms with Gasteiger partial charge in [0, 0.05) is 13.1 Å². The van der Waals surface area contributed by atoms with Crippen molar-refractivity contribution in [2.24, 2.45) is 5.73 Å². The third-order valence-electron chi connectivity index (χ3n) is 3.33. The van der Waals surface area contributed by atoms with Crippen LogP contribution in [0.25, 0.3) is 0 Å². The van der Waals surface area contributed by atoms with Gasteiger partial charge in [-0.25, -0.2) is 8.78 Å². The number of anilines is 1. The minimum Gasteiger partial charge on any atom is -0.368 e. The fraction of sp³-hybridized carbons (Fsp3) is 0.462. The number of hydrogen-bond acceptors (Lipinski definition) is 3. The molecule has 1 aromatic carbocycles. The van der Waals surface area contributed by atoms with Crippen molar-refractivity contribution >= 4 is 11.6 Å². The van der Waals surface area contributed by atoms with Gasteiger partial charge in [-0.15, -0.1) is 0 Å². The summed E-state index contributed by atoms with van der Waals surface area (Å²) in [7, 11) is 1.70. The first-order valence-electron chi connectivity index (χ1n) is 6.23. The number of carbonyl (C=O) groups excluding carboxylic acids is 1. The summed E-state index contributed by atoms with van der Waals surface area (Å²) < 4.78 is 28.1. The maximum absolute atomic E-state index is 14.1. The molecular formula is C13H17F2N3O. The number of carbonyl (C=O) groups is 1. The Hall–Kier alpha value is -1.69. The van der Waals surface area contributed by atoms with E-state index in [1.807, 2.05) is 0 Å². The van der Waals surface area contributed by atoms with Gasteiger partial charge < -0.3 is 16.0 Å². The Morgan fingerprint density at radius 2 is 2.11 bits per heavy atom. The van der Waals surface area contributed by atoms with Crippen molar-refractivity contribution < 1.29 is 13.6 Å². The molecule has 1 aliphatic heterocycles. The van der Waals surface area contributed by atoms with Crippen LogP contribution < -0.4 is 16.0 Å². The molecular weight excluding hydrogens is 252 g/mol. The van der Waals surface area contributed by atoms with E-state index < -0.39 is 23.6 Å². The van der Waals surface area contributed by atoms with Crippen LogP contribution >= 0.6 is 0 Å². The molecule has 3 N–H and O–H groups in total. The van der Waals surface area contributed by atoms with Crippen molar-refractivity contribution in [2.45, 2.75) is 25.4 Å². The number of rotatable bonds is 4. The molecule has 104 valence electrons. The summed E-state index contributed by atoms with van der Waals surface area (Å²) >= 11 is 0. The van der Waals surface area contributed by atoms with Gasteiger partial charge in [0.25, 0.3) is 0 Å². The van der Waals surface area contributed by atoms with E-state index in [-0.39, 0.29) is 5.69 Å². The predicted octanol–water partition coefficient (Wildman–Crippen LogP) is 1.14. The van der Waals surface area contributed by atoms with Crippen molar-refractivity contribution in [3.05, 3.63) is 29.3 Å². The highest BCUT2D eigenvalue weighted by Gasteiger charge is 2.32. The second kappa shape index (κ2) is 5.52. The summed E-state index contributed by atoms with van der Waals surface area (Å²) in [6.45, 7) is 0.820. The average Bonchev–Trinajstić information content (AvgIpc) is 2.77. The van der Waals surface area contributed by atoms with Gasteiger partial charge in [-0.2, -0.15) is 0 Å². The number of nitrogens with one attached hydrogen (secondary N) is 1. The van der Waals surface area contributed by atoms with Crippen LogP contribution in [-0.2, 0) is 11.3 Å². The summed E-state index contributed by atoms with van der Waals surface area (Å²) in [5.74, 6) is -1.85. The molecule has 0 aliphatic carbocycles. The molecule has 0 bridgehead atoms. The van der Waals surface area contributed by atoms with E-state index in [2.05, 4.69) is 5.32 Å². The maximum Gasteiger partial charge on any atom is 0.240 e. The Labute approximate surface area is 110 Å². The molecule has 4 nitrogen and oxygen atoms in total. The van der Waals surface area contributed by atoms with Crippen LogP contribution in [0.4, 0.5) is 14.5 Å². The SMILES string of the molecule is CNCc1cc(F)c(N2CCCC2C(N)=O)c(F)c1. The lowest BCUT2D eigenvalue weighted by Gasteiger charge is -2.25. The summed E-state index contributed by atoms with van der Waals surface area (Å²) in [6.07, 6.45) is 1.23. The summed E-state index contributed by atoms with van der Waals surface area (Å²) in [5.41, 5.74) is 5.64. The first-order valence-corrected chi connectivity index (χ1v) is 6.23. The molecule has 1 fully saturated rings. The molecule has 0 aromatic heterocycles. The van der Waals surface area contributed by atoms with Crippen molar-refractivity contribution in [3.8, 4) is 0 Å². The van der Waals surface area contributed by atoms with Crippen LogP contribution in [0.2, 0.25) is 0 Å². The molecule has 0 saturated carbocycles. The van der Waals surface area contributed by atoms with Gasteiger partial charge in [0.2, 0.25) is 5.91 Å². The third-order valence-corrected chi connectivity index (χ3v) is 3.33. The molecule has 1 heterocycles. The smallest absolute Gasteiger partial charge is 0.240 e. The summed E-state index contributed by atoms with van der Waals surface area (Å²) in [4.78, 5) is 12.7. The Morgan fingerprint density at radius 1 is 1.47 bits per heavy atom. The molecule has 2 rings (SSSR count). The van der Waals surface area contributed by atoms with E-state index in [1.165, 1.54) is 17.0 Å². The molecule has 1 aromatic rings. The Bertz CT molecular complexity index is 470. The van der Waals surface area contributed by atoms with E-state index in [4.69, 9.17) is 5.73 Å². The monoisotopic (exact) mass is 269 g/mol. The first kappa shape index (κ1) is 13.7. The summed E-state index contributed by atoms with van der Waals surface area (Å²) in [5, 5.41) is 2.83. The Balaban J connectivity index is 2.37. The van der Waals surface area contributed by atoms with Gasteiger partial charge in [0.15, 0.2) is 0 Å². The van der Waals surface area contributed by atoms with Gasteiger partial charge in [-0.3, -0.25) is 4.79 Å². The molecule has 6 heteroatoms. The fourth-order valence-corrected chi connectivity index (χ4v) is 2.53. The van der Waals surface area contributed by atoms with Gasteiger partial charge in [-0.1, -0.05) is 0 Å². The van der Waals surface area contributed by atoms with Crippen molar-refractivity contribution in [2.75, 3.05) is 18.5 Å². The highest BCUT2D eigenvalue weighted by atomic mass is 19.1. The van der Waals surface area contributed by atoms with E-state index in [0.29, 0.717) is 31.5 Å². The minimum atomic E-state index is -0.654. The van der Waals surface area contributed by atoms with E-state index in [9.17, 15) is 13.6 Å². The van der Waals surface area contributed by atoms with Crippen LogP contribution in [-0.4, -0.2) is 25.5 Å². The predicted molar refractivity (Wildman–Crippen MR) is 68.7 cm³/mol. The van der Waals surface area contributed by atoms with E-state index in [1.54, 1.807) is 7.05 Å². The van der Waals surface area contributed by atoms with Gasteiger partial charge in [0.05, 0.1) is 0 Å². The molecule has 1 amide bonds. The van der Waals surface area contributed by atoms with E-state index >= 15 is 0 Å². The number of amides is 1. The number of primary amides is 1. The van der Waals surface area contributed by atoms with Crippen molar-refractivity contribution in [1.29, 1.82) is 0 Å². The lowest BCUT2D eigenvalue weighted by atomic mass is 10.1. The quantitative estimate of drug-likeness (QED) is 0.861. The number of hydrogen-bond donors (Lipinski definition) is 2. The van der Waals surface area contributed by atoms with Crippen LogP contribution in [0.3, 0.4) is 0 Å². The standard InChI is InChI=1S/C13H17F2N3O/c1-17-7-8-5-9(14)12(10(15)6-8)18-4-2-3-11(18)13(16)19/h5-6,11,17H,2-4,7H2,1H3,(H2,16,19). The molecule has 1 atom stereocenters. The lowest BCUT2D eigenvalue weighted by molar-refractivity contribution is -0.119. The number of halogens is 2. The highest BCUT2D eigenvalue weighted by molar-refractivity contribution is 5.84. The Kier molecular flexibility index (Phi) is 3.99. The topological polar surface area (TPSA) is 58.4 Å². The van der Waals surface area contributed by atoms with Crippen LogP contribution in [0.5, 0.6) is 0 Å². The first-order chi connectivity index (χ1) is 9.04. The average molecular weight is 269 g/mol. The maximum atomic E-state index is 14.1. The van der Waals surface area contributed by atoms with E-state index in [0.717, 1.165) is 0 Å². The van der Waals surface area contributed by atoms with Crippen LogP contribution in [0, 0.1) is 11.6 Å². The third kappa shape index (κ3) is 2.68. The molecule has 1 unspecified atom stereocenters. The normalized spacial score (nSPS) is 18.9. The lowest BCUT2D eigenvalue weighted by Crippen LogP contribution is -2.41. The largest absolute Gasteiger partial charge is 0.368 e. The molecule has 19 heavy (non-hydrogen) atoms. The number of nitrogens with two attached hydrogens (primary N) is 1. The van der Waals surface area contributed by atoms with Gasteiger partial charge in [0.1, 0.15) is 23.4 Å². The van der Waals surface area contributed by atoms with Crippen molar-refractivity contribution in [1.82, 2.24) is 5.32 Å². The zero-order chi connectivity index (χ0) is 14.0. The summed E-state index contributed by atoms with van der Waals surface area (Å²) in [6, 6.07) is 1.94. The number of benzene rings is 1. The van der Waals surface area contributed by atoms with Crippen LogP contribution in [0.15, 0.2) is 12.1 Å². The second-order valence-corrected chi connectivity index (χ2v) is 4.69. The van der Waals surface area contributed by atoms with Gasteiger partial charge in [-0.05, 0) is 37.6 Å². The van der Waals surface area contributed by atoms with Crippen molar-refractivity contribution in [3.63, 3.8) is 0 Å². The number of nitrogens with zero attached hydrogens (tertiary/aromatic N) is 1. The van der Waals surface area contributed by atoms with Gasteiger partial charge >= 0.3 is 0 Å². The van der Waals surface area contributed by atoms with Crippen LogP contribution in [0.1, 0.15) is 18.4 Å². The molecule has 0 spiro atoms. The zero-order valence-corrected chi connectivity index (χ0v) is 10.7. The molecule has 1 aliphatic rings. The molecule has 0 radical (unpaired) electrons. The zero-order valence-electron chi connectivity index (χ0n) is 10.7. The molecule has 1 saturated heterocycles. The minimum absolute atomic E-state index is 0.152. The Morgan fingerprint density at radius 3 is 2.63 bits per heavy atom. The fourth-order valence-electron chi connectivity index (χ4n) is 2.53.